The summed E-state index contributed by atoms with van der Waals surface area (Å²) in [6.07, 6.45) is 7.99. The number of hydrogen-bond donors (Lipinski definition) is 2. The van der Waals surface area contributed by atoms with Crippen LogP contribution in [0.2, 0.25) is 0 Å². The number of carbonyl (C=O) groups is 2. The van der Waals surface area contributed by atoms with Gasteiger partial charge in [-0.3, -0.25) is 9.59 Å². The first-order valence-electron chi connectivity index (χ1n) is 10.1. The van der Waals surface area contributed by atoms with Gasteiger partial charge in [0.05, 0.1) is 7.11 Å². The fourth-order valence-electron chi connectivity index (χ4n) is 3.40. The molecule has 1 aliphatic rings. The first kappa shape index (κ1) is 20.6. The van der Waals surface area contributed by atoms with E-state index in [9.17, 15) is 9.59 Å². The van der Waals surface area contributed by atoms with Gasteiger partial charge in [-0.25, -0.2) is 0 Å². The molecule has 0 bridgehead atoms. The number of nitrogens with one attached hydrogen (secondary N) is 2. The van der Waals surface area contributed by atoms with Gasteiger partial charge in [0.25, 0.3) is 11.8 Å². The molecule has 0 heterocycles. The Morgan fingerprint density at radius 2 is 1.69 bits per heavy atom. The average Bonchev–Trinajstić information content (AvgIpc) is 2.78. The molecule has 0 radical (unpaired) electrons. The van der Waals surface area contributed by atoms with Crippen LogP contribution < -0.4 is 15.4 Å². The van der Waals surface area contributed by atoms with E-state index in [0.717, 1.165) is 30.6 Å². The van der Waals surface area contributed by atoms with Crippen molar-refractivity contribution in [2.24, 2.45) is 0 Å². The fraction of sp³-hybridized carbons (Fsp3) is 0.333. The van der Waals surface area contributed by atoms with Gasteiger partial charge in [0.15, 0.2) is 0 Å². The molecular formula is C24H28N2O3. The van der Waals surface area contributed by atoms with Crippen LogP contribution in [0.4, 0.5) is 0 Å². The minimum absolute atomic E-state index is 0.147. The molecular weight excluding hydrogens is 364 g/mol. The lowest BCUT2D eigenvalue weighted by Crippen LogP contribution is -2.26. The fourth-order valence-corrected chi connectivity index (χ4v) is 3.40. The smallest absolute Gasteiger partial charge is 0.251 e. The Hall–Kier alpha value is -3.08. The lowest BCUT2D eigenvalue weighted by atomic mass is 9.97. The summed E-state index contributed by atoms with van der Waals surface area (Å²) in [5.74, 6) is 0.424. The summed E-state index contributed by atoms with van der Waals surface area (Å²) in [7, 11) is 1.62. The highest BCUT2D eigenvalue weighted by atomic mass is 16.5. The number of hydrogen-bond acceptors (Lipinski definition) is 3. The van der Waals surface area contributed by atoms with Crippen molar-refractivity contribution in [1.82, 2.24) is 10.6 Å². The molecule has 0 atom stereocenters. The van der Waals surface area contributed by atoms with E-state index in [0.29, 0.717) is 24.2 Å². The SMILES string of the molecule is COc1ccc(CNC(=O)c2cccc(C(=O)NCCC3=CCCCC3)c2)cc1. The maximum Gasteiger partial charge on any atom is 0.251 e. The third-order valence-corrected chi connectivity index (χ3v) is 5.12. The molecule has 0 spiro atoms. The Bertz CT molecular complexity index is 872. The number of rotatable bonds is 8. The summed E-state index contributed by atoms with van der Waals surface area (Å²) in [6, 6.07) is 14.4. The number of ether oxygens (including phenoxy) is 1. The van der Waals surface area contributed by atoms with E-state index in [4.69, 9.17) is 4.74 Å². The molecule has 2 N–H and O–H groups in total. The minimum atomic E-state index is -0.206. The van der Waals surface area contributed by atoms with E-state index in [1.54, 1.807) is 31.4 Å². The Morgan fingerprint density at radius 1 is 0.966 bits per heavy atom. The zero-order valence-electron chi connectivity index (χ0n) is 16.9. The highest BCUT2D eigenvalue weighted by Gasteiger charge is 2.11. The summed E-state index contributed by atoms with van der Waals surface area (Å²) < 4.78 is 5.13. The third kappa shape index (κ3) is 6.21. The van der Waals surface area contributed by atoms with Gasteiger partial charge in [0.1, 0.15) is 5.75 Å². The van der Waals surface area contributed by atoms with Crippen molar-refractivity contribution in [1.29, 1.82) is 0 Å². The van der Waals surface area contributed by atoms with Gasteiger partial charge >= 0.3 is 0 Å². The predicted octanol–water partition coefficient (Wildman–Crippen LogP) is 4.25. The Kier molecular flexibility index (Phi) is 7.45. The monoisotopic (exact) mass is 392 g/mol. The molecule has 0 saturated heterocycles. The molecule has 2 aromatic rings. The molecule has 2 aromatic carbocycles. The van der Waals surface area contributed by atoms with Crippen molar-refractivity contribution in [3.8, 4) is 5.75 Å². The summed E-state index contributed by atoms with van der Waals surface area (Å²) in [4.78, 5) is 24.9. The quantitative estimate of drug-likeness (QED) is 0.660. The molecule has 0 aliphatic heterocycles. The Labute approximate surface area is 172 Å². The number of allylic oxidation sites excluding steroid dienone is 1. The van der Waals surface area contributed by atoms with E-state index in [2.05, 4.69) is 16.7 Å². The standard InChI is InChI=1S/C24H28N2O3/c1-29-22-12-10-19(11-13-22)17-26-24(28)21-9-5-8-20(16-21)23(27)25-15-14-18-6-3-2-4-7-18/h5-6,8-13,16H,2-4,7,14-15,17H2,1H3,(H,25,27)(H,26,28). The zero-order valence-corrected chi connectivity index (χ0v) is 16.9. The maximum atomic E-state index is 12.5. The highest BCUT2D eigenvalue weighted by molar-refractivity contribution is 5.99. The molecule has 0 saturated carbocycles. The molecule has 0 unspecified atom stereocenters. The van der Waals surface area contributed by atoms with Gasteiger partial charge in [0.2, 0.25) is 0 Å². The van der Waals surface area contributed by atoms with Crippen molar-refractivity contribution >= 4 is 11.8 Å². The summed E-state index contributed by atoms with van der Waals surface area (Å²) in [6.45, 7) is 1.03. The molecule has 3 rings (SSSR count). The van der Waals surface area contributed by atoms with Gasteiger partial charge in [-0.15, -0.1) is 0 Å². The zero-order chi connectivity index (χ0) is 20.5. The van der Waals surface area contributed by atoms with Crippen LogP contribution in [-0.4, -0.2) is 25.5 Å². The van der Waals surface area contributed by atoms with E-state index in [1.807, 2.05) is 24.3 Å². The normalized spacial score (nSPS) is 13.3. The van der Waals surface area contributed by atoms with Crippen LogP contribution in [0.15, 0.2) is 60.2 Å². The van der Waals surface area contributed by atoms with Gasteiger partial charge in [-0.2, -0.15) is 0 Å². The van der Waals surface area contributed by atoms with E-state index >= 15 is 0 Å². The molecule has 2 amide bonds. The molecule has 5 nitrogen and oxygen atoms in total. The van der Waals surface area contributed by atoms with Crippen LogP contribution in [0, 0.1) is 0 Å². The molecule has 0 fully saturated rings. The van der Waals surface area contributed by atoms with Crippen LogP contribution in [0.25, 0.3) is 0 Å². The van der Waals surface area contributed by atoms with Crippen molar-refractivity contribution in [3.05, 3.63) is 76.9 Å². The Balaban J connectivity index is 1.51. The van der Waals surface area contributed by atoms with Gasteiger partial charge < -0.3 is 15.4 Å². The molecule has 1 aliphatic carbocycles. The topological polar surface area (TPSA) is 67.4 Å². The second-order valence-electron chi connectivity index (χ2n) is 7.23. The van der Waals surface area contributed by atoms with Crippen molar-refractivity contribution in [3.63, 3.8) is 0 Å². The molecule has 0 aromatic heterocycles. The lowest BCUT2D eigenvalue weighted by molar-refractivity contribution is 0.0950. The second kappa shape index (κ2) is 10.5. The van der Waals surface area contributed by atoms with Crippen LogP contribution in [0.3, 0.4) is 0 Å². The molecule has 29 heavy (non-hydrogen) atoms. The van der Waals surface area contributed by atoms with Gasteiger partial charge in [0, 0.05) is 24.2 Å². The van der Waals surface area contributed by atoms with Crippen molar-refractivity contribution in [2.45, 2.75) is 38.6 Å². The summed E-state index contributed by atoms with van der Waals surface area (Å²) in [5.41, 5.74) is 3.38. The number of benzene rings is 2. The van der Waals surface area contributed by atoms with Gasteiger partial charge in [-0.05, 0) is 68.0 Å². The van der Waals surface area contributed by atoms with E-state index < -0.39 is 0 Å². The van der Waals surface area contributed by atoms with Crippen LogP contribution in [-0.2, 0) is 6.54 Å². The lowest BCUT2D eigenvalue weighted by Gasteiger charge is -2.13. The second-order valence-corrected chi connectivity index (χ2v) is 7.23. The molecule has 5 heteroatoms. The minimum Gasteiger partial charge on any atom is -0.497 e. The van der Waals surface area contributed by atoms with Crippen molar-refractivity contribution in [2.75, 3.05) is 13.7 Å². The van der Waals surface area contributed by atoms with E-state index in [1.165, 1.54) is 18.4 Å². The summed E-state index contributed by atoms with van der Waals surface area (Å²) in [5, 5.41) is 5.84. The van der Waals surface area contributed by atoms with E-state index in [-0.39, 0.29) is 11.8 Å². The van der Waals surface area contributed by atoms with Crippen LogP contribution in [0.5, 0.6) is 5.75 Å². The van der Waals surface area contributed by atoms with Crippen LogP contribution >= 0.6 is 0 Å². The highest BCUT2D eigenvalue weighted by Crippen LogP contribution is 2.19. The average molecular weight is 392 g/mol. The largest absolute Gasteiger partial charge is 0.497 e. The predicted molar refractivity (Wildman–Crippen MR) is 114 cm³/mol. The first-order valence-corrected chi connectivity index (χ1v) is 10.1. The Morgan fingerprint density at radius 3 is 2.34 bits per heavy atom. The maximum absolute atomic E-state index is 12.5. The molecule has 152 valence electrons. The third-order valence-electron chi connectivity index (χ3n) is 5.12. The van der Waals surface area contributed by atoms with Crippen molar-refractivity contribution < 1.29 is 14.3 Å². The number of methoxy groups -OCH3 is 1. The first-order chi connectivity index (χ1) is 14.2. The van der Waals surface area contributed by atoms with Crippen LogP contribution in [0.1, 0.15) is 58.4 Å². The number of amides is 2. The number of carbonyl (C=O) groups excluding carboxylic acids is 2. The summed E-state index contributed by atoms with van der Waals surface area (Å²) >= 11 is 0. The van der Waals surface area contributed by atoms with Gasteiger partial charge in [-0.1, -0.05) is 29.8 Å².